The Morgan fingerprint density at radius 1 is 1.30 bits per heavy atom. The molecule has 124 valence electrons. The van der Waals surface area contributed by atoms with Crippen molar-refractivity contribution in [3.8, 4) is 5.75 Å². The molecule has 0 aliphatic heterocycles. The summed E-state index contributed by atoms with van der Waals surface area (Å²) < 4.78 is 10.9. The topological polar surface area (TPSA) is 93.7 Å². The second-order valence-electron chi connectivity index (χ2n) is 4.37. The monoisotopic (exact) mass is 384 g/mol. The number of rotatable bonds is 5. The Kier molecular flexibility index (Phi) is 7.27. The molecular formula is C15H17BrN2O5. The van der Waals surface area contributed by atoms with E-state index in [1.165, 1.54) is 33.2 Å². The third-order valence-electron chi connectivity index (χ3n) is 2.72. The van der Waals surface area contributed by atoms with E-state index in [9.17, 15) is 14.4 Å². The smallest absolute Gasteiger partial charge is 0.331 e. The van der Waals surface area contributed by atoms with E-state index in [-0.39, 0.29) is 0 Å². The van der Waals surface area contributed by atoms with Crippen molar-refractivity contribution in [3.63, 3.8) is 0 Å². The predicted octanol–water partition coefficient (Wildman–Crippen LogP) is 1.86. The molecule has 0 spiro atoms. The number of ether oxygens (including phenoxy) is 2. The van der Waals surface area contributed by atoms with Gasteiger partial charge >= 0.3 is 12.0 Å². The molecule has 3 amide bonds. The predicted molar refractivity (Wildman–Crippen MR) is 87.9 cm³/mol. The first-order valence-electron chi connectivity index (χ1n) is 6.62. The van der Waals surface area contributed by atoms with E-state index in [2.05, 4.69) is 21.2 Å². The molecule has 0 bridgehead atoms. The Balaban J connectivity index is 2.67. The zero-order valence-corrected chi connectivity index (χ0v) is 14.5. The molecule has 0 fully saturated rings. The van der Waals surface area contributed by atoms with Crippen LogP contribution in [-0.2, 0) is 14.3 Å². The zero-order valence-electron chi connectivity index (χ0n) is 12.9. The van der Waals surface area contributed by atoms with Crippen LogP contribution in [-0.4, -0.2) is 38.2 Å². The fourth-order valence-electron chi connectivity index (χ4n) is 1.54. The summed E-state index contributed by atoms with van der Waals surface area (Å²) in [4.78, 5) is 34.3. The number of imide groups is 1. The lowest BCUT2D eigenvalue weighted by atomic mass is 10.2. The SMILES string of the molecule is CNC(=O)NC(=O)C(C)OC(=O)/C=C/c1cc(Br)ccc1OC. The number of carbonyl (C=O) groups excluding carboxylic acids is 3. The van der Waals surface area contributed by atoms with Gasteiger partial charge in [-0.2, -0.15) is 0 Å². The first-order valence-corrected chi connectivity index (χ1v) is 7.41. The molecule has 2 N–H and O–H groups in total. The lowest BCUT2D eigenvalue weighted by Crippen LogP contribution is -2.43. The van der Waals surface area contributed by atoms with Crippen molar-refractivity contribution in [2.75, 3.05) is 14.2 Å². The van der Waals surface area contributed by atoms with E-state index in [0.717, 1.165) is 4.47 Å². The van der Waals surface area contributed by atoms with Crippen molar-refractivity contribution in [1.82, 2.24) is 10.6 Å². The highest BCUT2D eigenvalue weighted by Crippen LogP contribution is 2.24. The second-order valence-corrected chi connectivity index (χ2v) is 5.28. The highest BCUT2D eigenvalue weighted by Gasteiger charge is 2.18. The highest BCUT2D eigenvalue weighted by molar-refractivity contribution is 9.10. The van der Waals surface area contributed by atoms with Crippen LogP contribution >= 0.6 is 15.9 Å². The Morgan fingerprint density at radius 3 is 2.61 bits per heavy atom. The van der Waals surface area contributed by atoms with Crippen molar-refractivity contribution < 1.29 is 23.9 Å². The summed E-state index contributed by atoms with van der Waals surface area (Å²) in [6, 6.07) is 4.64. The number of benzene rings is 1. The van der Waals surface area contributed by atoms with Crippen molar-refractivity contribution in [1.29, 1.82) is 0 Å². The van der Waals surface area contributed by atoms with Gasteiger partial charge < -0.3 is 14.8 Å². The molecule has 1 rings (SSSR count). The number of hydrogen-bond donors (Lipinski definition) is 2. The van der Waals surface area contributed by atoms with Crippen molar-refractivity contribution in [2.24, 2.45) is 0 Å². The third-order valence-corrected chi connectivity index (χ3v) is 3.21. The number of urea groups is 1. The summed E-state index contributed by atoms with van der Waals surface area (Å²) in [5.41, 5.74) is 0.668. The fourth-order valence-corrected chi connectivity index (χ4v) is 1.92. The van der Waals surface area contributed by atoms with E-state index in [0.29, 0.717) is 11.3 Å². The quantitative estimate of drug-likeness (QED) is 0.596. The van der Waals surface area contributed by atoms with Gasteiger partial charge in [0.15, 0.2) is 6.10 Å². The largest absolute Gasteiger partial charge is 0.496 e. The van der Waals surface area contributed by atoms with Gasteiger partial charge in [-0.05, 0) is 31.2 Å². The Bertz CT molecular complexity index is 630. The normalized spacial score (nSPS) is 11.7. The summed E-state index contributed by atoms with van der Waals surface area (Å²) in [7, 11) is 2.89. The lowest BCUT2D eigenvalue weighted by molar-refractivity contribution is -0.149. The van der Waals surface area contributed by atoms with Gasteiger partial charge in [0.1, 0.15) is 5.75 Å². The number of amides is 3. The molecule has 0 heterocycles. The Hall–Kier alpha value is -2.35. The minimum atomic E-state index is -1.10. The molecule has 1 unspecified atom stereocenters. The molecule has 1 atom stereocenters. The van der Waals surface area contributed by atoms with E-state index in [1.54, 1.807) is 18.2 Å². The fraction of sp³-hybridized carbons (Fsp3) is 0.267. The molecule has 1 aromatic rings. The van der Waals surface area contributed by atoms with Gasteiger partial charge in [-0.25, -0.2) is 9.59 Å². The van der Waals surface area contributed by atoms with Crippen LogP contribution < -0.4 is 15.4 Å². The third kappa shape index (κ3) is 6.11. The van der Waals surface area contributed by atoms with Gasteiger partial charge in [0.25, 0.3) is 5.91 Å². The molecule has 1 aromatic carbocycles. The molecule has 0 saturated heterocycles. The standard InChI is InChI=1S/C15H17BrN2O5/c1-9(14(20)18-15(21)17-2)23-13(19)7-4-10-8-11(16)5-6-12(10)22-3/h4-9H,1-3H3,(H2,17,18,20,21)/b7-4+. The molecule has 0 aliphatic rings. The molecule has 0 aromatic heterocycles. The van der Waals surface area contributed by atoms with Gasteiger partial charge in [-0.1, -0.05) is 15.9 Å². The van der Waals surface area contributed by atoms with Crippen LogP contribution in [0.2, 0.25) is 0 Å². The number of carbonyl (C=O) groups is 3. The van der Waals surface area contributed by atoms with Gasteiger partial charge in [0.05, 0.1) is 7.11 Å². The average Bonchev–Trinajstić information content (AvgIpc) is 2.52. The van der Waals surface area contributed by atoms with E-state index in [1.807, 2.05) is 5.32 Å². The van der Waals surface area contributed by atoms with Crippen LogP contribution in [0.5, 0.6) is 5.75 Å². The van der Waals surface area contributed by atoms with Crippen LogP contribution in [0.1, 0.15) is 12.5 Å². The number of methoxy groups -OCH3 is 1. The first-order chi connectivity index (χ1) is 10.9. The van der Waals surface area contributed by atoms with Crippen LogP contribution in [0.4, 0.5) is 4.79 Å². The minimum absolute atomic E-state index is 0.586. The van der Waals surface area contributed by atoms with Gasteiger partial charge in [-0.15, -0.1) is 0 Å². The second kappa shape index (κ2) is 8.94. The molecule has 7 nitrogen and oxygen atoms in total. The number of hydrogen-bond acceptors (Lipinski definition) is 5. The lowest BCUT2D eigenvalue weighted by Gasteiger charge is -2.11. The molecule has 23 heavy (non-hydrogen) atoms. The van der Waals surface area contributed by atoms with Gasteiger partial charge in [0.2, 0.25) is 0 Å². The number of halogens is 1. The van der Waals surface area contributed by atoms with Gasteiger partial charge in [-0.3, -0.25) is 10.1 Å². The van der Waals surface area contributed by atoms with E-state index in [4.69, 9.17) is 9.47 Å². The van der Waals surface area contributed by atoms with E-state index >= 15 is 0 Å². The summed E-state index contributed by atoms with van der Waals surface area (Å²) in [5.74, 6) is -0.847. The van der Waals surface area contributed by atoms with Crippen LogP contribution in [0.3, 0.4) is 0 Å². The van der Waals surface area contributed by atoms with Gasteiger partial charge in [0, 0.05) is 23.2 Å². The zero-order chi connectivity index (χ0) is 17.4. The summed E-state index contributed by atoms with van der Waals surface area (Å²) in [6.45, 7) is 1.36. The van der Waals surface area contributed by atoms with Crippen molar-refractivity contribution in [3.05, 3.63) is 34.3 Å². The van der Waals surface area contributed by atoms with Crippen LogP contribution in [0, 0.1) is 0 Å². The van der Waals surface area contributed by atoms with Crippen molar-refractivity contribution >= 4 is 39.9 Å². The van der Waals surface area contributed by atoms with E-state index < -0.39 is 24.0 Å². The molecule has 0 radical (unpaired) electrons. The number of nitrogens with one attached hydrogen (secondary N) is 2. The molecule has 0 aliphatic carbocycles. The van der Waals surface area contributed by atoms with Crippen molar-refractivity contribution in [2.45, 2.75) is 13.0 Å². The summed E-state index contributed by atoms with van der Waals surface area (Å²) in [5, 5.41) is 4.24. The molecular weight excluding hydrogens is 368 g/mol. The van der Waals surface area contributed by atoms with Crippen LogP contribution in [0.15, 0.2) is 28.7 Å². The highest BCUT2D eigenvalue weighted by atomic mass is 79.9. The maximum atomic E-state index is 11.7. The minimum Gasteiger partial charge on any atom is -0.496 e. The first kappa shape index (κ1) is 18.7. The Morgan fingerprint density at radius 2 is 2.00 bits per heavy atom. The maximum Gasteiger partial charge on any atom is 0.331 e. The maximum absolute atomic E-state index is 11.7. The van der Waals surface area contributed by atoms with Crippen LogP contribution in [0.25, 0.3) is 6.08 Å². The Labute approximate surface area is 142 Å². The summed E-state index contributed by atoms with van der Waals surface area (Å²) >= 11 is 3.33. The summed E-state index contributed by atoms with van der Waals surface area (Å²) in [6.07, 6.45) is 1.58. The number of esters is 1. The average molecular weight is 385 g/mol. The molecule has 0 saturated carbocycles. The molecule has 8 heteroatoms.